The summed E-state index contributed by atoms with van der Waals surface area (Å²) in [6.07, 6.45) is -0.769. The van der Waals surface area contributed by atoms with Gasteiger partial charge in [0.05, 0.1) is 16.6 Å². The van der Waals surface area contributed by atoms with Crippen LogP contribution in [0.25, 0.3) is 0 Å². The smallest absolute Gasteiger partial charge is 0.408 e. The molecule has 24 heavy (non-hydrogen) atoms. The van der Waals surface area contributed by atoms with Crippen molar-refractivity contribution in [2.75, 3.05) is 0 Å². The molecule has 0 aliphatic rings. The van der Waals surface area contributed by atoms with Gasteiger partial charge in [-0.3, -0.25) is 9.59 Å². The zero-order valence-electron chi connectivity index (χ0n) is 14.1. The van der Waals surface area contributed by atoms with Crippen LogP contribution in [0.4, 0.5) is 4.79 Å². The van der Waals surface area contributed by atoms with E-state index in [1.807, 2.05) is 5.23 Å². The van der Waals surface area contributed by atoms with E-state index >= 15 is 0 Å². The van der Waals surface area contributed by atoms with E-state index in [1.54, 1.807) is 39.8 Å². The predicted octanol–water partition coefficient (Wildman–Crippen LogP) is 2.18. The van der Waals surface area contributed by atoms with Crippen LogP contribution in [0.3, 0.4) is 0 Å². The van der Waals surface area contributed by atoms with Crippen molar-refractivity contribution in [1.82, 2.24) is 10.5 Å². The van der Waals surface area contributed by atoms with E-state index in [9.17, 15) is 14.4 Å². The first-order valence-corrected chi connectivity index (χ1v) is 7.73. The second kappa shape index (κ2) is 8.19. The standard InChI is InChI=1S/C16H20BClN2O4/c1-9(19-15(23)24-16(2,3)4)12(21)8-10-6-5-7-11(18)13(10)14(22)20-17/h5-7,9H,8H2,1-4H3,(H,19,23)(H,20,22)/t9-/m0/s1. The number of benzene rings is 1. The van der Waals surface area contributed by atoms with Crippen LogP contribution in [0.2, 0.25) is 5.02 Å². The van der Waals surface area contributed by atoms with Crippen molar-refractivity contribution < 1.29 is 19.1 Å². The molecule has 1 rings (SSSR count). The van der Waals surface area contributed by atoms with E-state index < -0.39 is 23.6 Å². The summed E-state index contributed by atoms with van der Waals surface area (Å²) in [7, 11) is 5.14. The van der Waals surface area contributed by atoms with Gasteiger partial charge in [-0.1, -0.05) is 23.7 Å². The third-order valence-corrected chi connectivity index (χ3v) is 3.35. The fourth-order valence-electron chi connectivity index (χ4n) is 1.95. The molecule has 0 unspecified atom stereocenters. The first-order chi connectivity index (χ1) is 11.0. The highest BCUT2D eigenvalue weighted by atomic mass is 35.5. The molecule has 0 aliphatic carbocycles. The fraction of sp³-hybridized carbons (Fsp3) is 0.438. The van der Waals surface area contributed by atoms with E-state index in [0.717, 1.165) is 0 Å². The zero-order valence-corrected chi connectivity index (χ0v) is 14.9. The number of nitrogens with one attached hydrogen (secondary N) is 2. The average molecular weight is 351 g/mol. The van der Waals surface area contributed by atoms with Crippen LogP contribution in [0.1, 0.15) is 43.6 Å². The number of halogens is 1. The molecule has 0 spiro atoms. The molecule has 2 radical (unpaired) electrons. The molecule has 2 N–H and O–H groups in total. The summed E-state index contributed by atoms with van der Waals surface area (Å²) in [5, 5.41) is 4.65. The van der Waals surface area contributed by atoms with Crippen LogP contribution in [-0.4, -0.2) is 37.4 Å². The average Bonchev–Trinajstić information content (AvgIpc) is 2.44. The lowest BCUT2D eigenvalue weighted by Crippen LogP contribution is -2.42. The van der Waals surface area contributed by atoms with Gasteiger partial charge in [-0.25, -0.2) is 4.79 Å². The number of hydrogen-bond acceptors (Lipinski definition) is 4. The number of ether oxygens (including phenoxy) is 1. The normalized spacial score (nSPS) is 12.2. The SMILES string of the molecule is [B]NC(=O)c1c(Cl)cccc1CC(=O)[C@H](C)NC(=O)OC(C)(C)C. The number of alkyl carbamates (subject to hydrolysis) is 1. The summed E-state index contributed by atoms with van der Waals surface area (Å²) < 4.78 is 5.10. The van der Waals surface area contributed by atoms with Gasteiger partial charge in [0, 0.05) is 6.42 Å². The number of hydrogen-bond donors (Lipinski definition) is 2. The van der Waals surface area contributed by atoms with E-state index in [-0.39, 0.29) is 22.8 Å². The number of carbonyl (C=O) groups is 3. The molecule has 6 nitrogen and oxygen atoms in total. The van der Waals surface area contributed by atoms with Crippen LogP contribution in [0.5, 0.6) is 0 Å². The quantitative estimate of drug-likeness (QED) is 0.797. The highest BCUT2D eigenvalue weighted by molar-refractivity contribution is 6.35. The lowest BCUT2D eigenvalue weighted by molar-refractivity contribution is -0.120. The molecule has 0 aliphatic heterocycles. The third-order valence-electron chi connectivity index (χ3n) is 3.04. The topological polar surface area (TPSA) is 84.5 Å². The van der Waals surface area contributed by atoms with Crippen molar-refractivity contribution in [3.05, 3.63) is 34.3 Å². The van der Waals surface area contributed by atoms with Crippen molar-refractivity contribution in [3.63, 3.8) is 0 Å². The third kappa shape index (κ3) is 5.89. The van der Waals surface area contributed by atoms with Crippen LogP contribution < -0.4 is 10.5 Å². The Balaban J connectivity index is 2.83. The first kappa shape index (κ1) is 20.0. The Kier molecular flexibility index (Phi) is 6.84. The lowest BCUT2D eigenvalue weighted by atomic mass is 9.98. The monoisotopic (exact) mass is 350 g/mol. The molecule has 0 heterocycles. The number of rotatable bonds is 5. The molecule has 1 aromatic rings. The van der Waals surface area contributed by atoms with Gasteiger partial charge < -0.3 is 15.3 Å². The van der Waals surface area contributed by atoms with Gasteiger partial charge in [0.1, 0.15) is 5.60 Å². The highest BCUT2D eigenvalue weighted by Crippen LogP contribution is 2.21. The Morgan fingerprint density at radius 3 is 2.46 bits per heavy atom. The van der Waals surface area contributed by atoms with Crippen molar-refractivity contribution in [1.29, 1.82) is 0 Å². The molecule has 0 saturated carbocycles. The molecule has 8 heteroatoms. The zero-order chi connectivity index (χ0) is 18.5. The minimum Gasteiger partial charge on any atom is -0.444 e. The van der Waals surface area contributed by atoms with Crippen LogP contribution in [0, 0.1) is 0 Å². The van der Waals surface area contributed by atoms with E-state index in [1.165, 1.54) is 6.07 Å². The summed E-state index contributed by atoms with van der Waals surface area (Å²) in [6.45, 7) is 6.72. The summed E-state index contributed by atoms with van der Waals surface area (Å²) in [6, 6.07) is 3.98. The summed E-state index contributed by atoms with van der Waals surface area (Å²) >= 11 is 6.01. The summed E-state index contributed by atoms with van der Waals surface area (Å²) in [4.78, 5) is 35.8. The van der Waals surface area contributed by atoms with Crippen LogP contribution in [0.15, 0.2) is 18.2 Å². The minimum atomic E-state index is -0.785. The van der Waals surface area contributed by atoms with Crippen LogP contribution >= 0.6 is 11.6 Å². The maximum Gasteiger partial charge on any atom is 0.408 e. The summed E-state index contributed by atoms with van der Waals surface area (Å²) in [5.41, 5.74) is -0.0978. The number of Topliss-reactive ketones (excluding diaryl/α,β-unsaturated/α-hetero) is 1. The number of carbonyl (C=O) groups excluding carboxylic acids is 3. The van der Waals surface area contributed by atoms with Gasteiger partial charge in [0.2, 0.25) is 13.9 Å². The first-order valence-electron chi connectivity index (χ1n) is 7.35. The Labute approximate surface area is 147 Å². The number of amides is 2. The van der Waals surface area contributed by atoms with Crippen molar-refractivity contribution in [2.24, 2.45) is 0 Å². The van der Waals surface area contributed by atoms with E-state index in [4.69, 9.17) is 24.3 Å². The maximum absolute atomic E-state index is 12.3. The molecule has 128 valence electrons. The summed E-state index contributed by atoms with van der Waals surface area (Å²) in [5.74, 6) is -0.884. The molecule has 2 amide bonds. The molecule has 1 aromatic carbocycles. The molecule has 0 saturated heterocycles. The molecular formula is C16H20BClN2O4. The lowest BCUT2D eigenvalue weighted by Gasteiger charge is -2.21. The Hall–Kier alpha value is -2.02. The predicted molar refractivity (Wildman–Crippen MR) is 92.2 cm³/mol. The van der Waals surface area contributed by atoms with Crippen LogP contribution in [-0.2, 0) is 16.0 Å². The number of ketones is 1. The Morgan fingerprint density at radius 2 is 1.92 bits per heavy atom. The molecule has 0 aromatic heterocycles. The second-order valence-corrected chi connectivity index (χ2v) is 6.67. The van der Waals surface area contributed by atoms with Gasteiger partial charge >= 0.3 is 6.09 Å². The van der Waals surface area contributed by atoms with Gasteiger partial charge in [0.15, 0.2) is 5.78 Å². The van der Waals surface area contributed by atoms with Crippen molar-refractivity contribution >= 4 is 37.4 Å². The minimum absolute atomic E-state index is 0.0831. The largest absolute Gasteiger partial charge is 0.444 e. The Morgan fingerprint density at radius 1 is 1.29 bits per heavy atom. The van der Waals surface area contributed by atoms with Gasteiger partial charge in [-0.15, -0.1) is 0 Å². The Bertz CT molecular complexity index is 643. The van der Waals surface area contributed by atoms with Gasteiger partial charge in [-0.05, 0) is 39.3 Å². The van der Waals surface area contributed by atoms with Crippen molar-refractivity contribution in [2.45, 2.75) is 45.8 Å². The van der Waals surface area contributed by atoms with Gasteiger partial charge in [-0.2, -0.15) is 0 Å². The maximum atomic E-state index is 12.3. The molecule has 0 bridgehead atoms. The molecular weight excluding hydrogens is 330 g/mol. The highest BCUT2D eigenvalue weighted by Gasteiger charge is 2.23. The fourth-order valence-corrected chi connectivity index (χ4v) is 2.23. The molecule has 1 atom stereocenters. The van der Waals surface area contributed by atoms with Gasteiger partial charge in [0.25, 0.3) is 0 Å². The van der Waals surface area contributed by atoms with E-state index in [0.29, 0.717) is 5.56 Å². The second-order valence-electron chi connectivity index (χ2n) is 6.26. The molecule has 0 fully saturated rings. The van der Waals surface area contributed by atoms with E-state index in [2.05, 4.69) is 5.32 Å². The van der Waals surface area contributed by atoms with Crippen molar-refractivity contribution in [3.8, 4) is 0 Å².